The van der Waals surface area contributed by atoms with Crippen molar-refractivity contribution >= 4 is 34.6 Å². The maximum absolute atomic E-state index is 11.6. The van der Waals surface area contributed by atoms with Crippen molar-refractivity contribution in [1.82, 2.24) is 15.3 Å². The van der Waals surface area contributed by atoms with Crippen molar-refractivity contribution in [2.45, 2.75) is 13.5 Å². The summed E-state index contributed by atoms with van der Waals surface area (Å²) in [5.74, 6) is -1.23. The molecule has 0 spiro atoms. The Balaban J connectivity index is 2.01. The summed E-state index contributed by atoms with van der Waals surface area (Å²) < 4.78 is 0. The van der Waals surface area contributed by atoms with Gasteiger partial charge in [-0.25, -0.2) is 9.78 Å². The molecule has 0 bridgehead atoms. The standard InChI is InChI=1S/C10H9N3O3S2/c1-5-8(10(15)16)18-7(13-5)3-12-9(14)6-2-11-4-17-6/h2,4H,3H2,1H3,(H,12,14)(H,15,16). The number of carboxylic acid groups (broad SMARTS) is 1. The van der Waals surface area contributed by atoms with Gasteiger partial charge >= 0.3 is 5.97 Å². The Morgan fingerprint density at radius 1 is 1.50 bits per heavy atom. The quantitative estimate of drug-likeness (QED) is 0.888. The lowest BCUT2D eigenvalue weighted by Crippen LogP contribution is -2.21. The number of hydrogen-bond donors (Lipinski definition) is 2. The number of aromatic nitrogens is 2. The summed E-state index contributed by atoms with van der Waals surface area (Å²) in [4.78, 5) is 31.1. The zero-order chi connectivity index (χ0) is 13.1. The number of amides is 1. The predicted molar refractivity (Wildman–Crippen MR) is 67.1 cm³/mol. The van der Waals surface area contributed by atoms with Gasteiger partial charge < -0.3 is 10.4 Å². The fourth-order valence-electron chi connectivity index (χ4n) is 1.30. The molecule has 2 heterocycles. The maximum Gasteiger partial charge on any atom is 0.347 e. The number of thiazole rings is 2. The van der Waals surface area contributed by atoms with Gasteiger partial charge in [0, 0.05) is 0 Å². The van der Waals surface area contributed by atoms with Crippen LogP contribution in [0.15, 0.2) is 11.7 Å². The van der Waals surface area contributed by atoms with E-state index in [-0.39, 0.29) is 17.3 Å². The van der Waals surface area contributed by atoms with Crippen molar-refractivity contribution < 1.29 is 14.7 Å². The van der Waals surface area contributed by atoms with Crippen LogP contribution in [0.25, 0.3) is 0 Å². The van der Waals surface area contributed by atoms with Crippen molar-refractivity contribution in [3.05, 3.63) is 32.2 Å². The van der Waals surface area contributed by atoms with Crippen LogP contribution in [0.1, 0.15) is 30.0 Å². The van der Waals surface area contributed by atoms with Crippen molar-refractivity contribution in [3.63, 3.8) is 0 Å². The van der Waals surface area contributed by atoms with Gasteiger partial charge in [0.15, 0.2) is 0 Å². The van der Waals surface area contributed by atoms with Gasteiger partial charge in [-0.05, 0) is 6.92 Å². The molecule has 0 saturated heterocycles. The highest BCUT2D eigenvalue weighted by Gasteiger charge is 2.14. The van der Waals surface area contributed by atoms with Crippen LogP contribution in [0.5, 0.6) is 0 Å². The third-order valence-electron chi connectivity index (χ3n) is 2.09. The second kappa shape index (κ2) is 5.23. The second-order valence-electron chi connectivity index (χ2n) is 3.38. The van der Waals surface area contributed by atoms with Crippen molar-refractivity contribution in [2.24, 2.45) is 0 Å². The minimum Gasteiger partial charge on any atom is -0.477 e. The average molecular weight is 283 g/mol. The summed E-state index contributed by atoms with van der Waals surface area (Å²) in [6.45, 7) is 1.85. The molecule has 94 valence electrons. The first-order chi connectivity index (χ1) is 8.58. The highest BCUT2D eigenvalue weighted by atomic mass is 32.1. The SMILES string of the molecule is Cc1nc(CNC(=O)c2cncs2)sc1C(=O)O. The first kappa shape index (κ1) is 12.7. The number of hydrogen-bond acceptors (Lipinski definition) is 6. The third-order valence-corrected chi connectivity index (χ3v) is 4.01. The minimum atomic E-state index is -0.995. The highest BCUT2D eigenvalue weighted by molar-refractivity contribution is 7.13. The maximum atomic E-state index is 11.6. The summed E-state index contributed by atoms with van der Waals surface area (Å²) in [7, 11) is 0. The lowest BCUT2D eigenvalue weighted by atomic mass is 10.4. The molecule has 2 rings (SSSR count). The minimum absolute atomic E-state index is 0.206. The van der Waals surface area contributed by atoms with E-state index in [1.54, 1.807) is 12.4 Å². The summed E-state index contributed by atoms with van der Waals surface area (Å²) in [6, 6.07) is 0. The molecule has 0 saturated carbocycles. The molecule has 0 unspecified atom stereocenters. The highest BCUT2D eigenvalue weighted by Crippen LogP contribution is 2.18. The van der Waals surface area contributed by atoms with E-state index in [1.165, 1.54) is 17.5 Å². The Morgan fingerprint density at radius 2 is 2.28 bits per heavy atom. The molecule has 2 N–H and O–H groups in total. The summed E-state index contributed by atoms with van der Waals surface area (Å²) in [5.41, 5.74) is 2.04. The molecule has 0 aliphatic rings. The van der Waals surface area contributed by atoms with Gasteiger partial charge in [0.1, 0.15) is 14.8 Å². The zero-order valence-corrected chi connectivity index (χ0v) is 11.0. The van der Waals surface area contributed by atoms with Gasteiger partial charge in [0.25, 0.3) is 5.91 Å². The van der Waals surface area contributed by atoms with E-state index in [9.17, 15) is 9.59 Å². The van der Waals surface area contributed by atoms with E-state index < -0.39 is 5.97 Å². The van der Waals surface area contributed by atoms with E-state index >= 15 is 0 Å². The molecule has 6 nitrogen and oxygen atoms in total. The summed E-state index contributed by atoms with van der Waals surface area (Å²) in [5, 5.41) is 12.1. The van der Waals surface area contributed by atoms with Gasteiger partial charge in [0.05, 0.1) is 23.9 Å². The second-order valence-corrected chi connectivity index (χ2v) is 5.35. The summed E-state index contributed by atoms with van der Waals surface area (Å²) >= 11 is 2.31. The normalized spacial score (nSPS) is 10.3. The molecule has 0 atom stereocenters. The van der Waals surface area contributed by atoms with Crippen LogP contribution >= 0.6 is 22.7 Å². The first-order valence-electron chi connectivity index (χ1n) is 4.94. The Morgan fingerprint density at radius 3 is 2.83 bits per heavy atom. The van der Waals surface area contributed by atoms with E-state index in [2.05, 4.69) is 15.3 Å². The molecular weight excluding hydrogens is 274 g/mol. The largest absolute Gasteiger partial charge is 0.477 e. The van der Waals surface area contributed by atoms with Crippen LogP contribution < -0.4 is 5.32 Å². The fourth-order valence-corrected chi connectivity index (χ4v) is 2.68. The van der Waals surface area contributed by atoms with Crippen molar-refractivity contribution in [2.75, 3.05) is 0 Å². The molecule has 2 aromatic rings. The number of rotatable bonds is 4. The van der Waals surface area contributed by atoms with Crippen LogP contribution in [0.3, 0.4) is 0 Å². The van der Waals surface area contributed by atoms with Gasteiger partial charge in [-0.1, -0.05) is 0 Å². The van der Waals surface area contributed by atoms with Gasteiger partial charge in [0.2, 0.25) is 0 Å². The lowest BCUT2D eigenvalue weighted by Gasteiger charge is -1.99. The van der Waals surface area contributed by atoms with E-state index in [0.717, 1.165) is 11.3 Å². The smallest absolute Gasteiger partial charge is 0.347 e. The van der Waals surface area contributed by atoms with Gasteiger partial charge in [-0.2, -0.15) is 0 Å². The third kappa shape index (κ3) is 2.71. The molecule has 0 fully saturated rings. The van der Waals surface area contributed by atoms with Gasteiger partial charge in [-0.15, -0.1) is 22.7 Å². The molecular formula is C10H9N3O3S2. The molecule has 2 aromatic heterocycles. The molecule has 0 aliphatic heterocycles. The molecule has 18 heavy (non-hydrogen) atoms. The number of carbonyl (C=O) groups excluding carboxylic acids is 1. The Labute approximate surface area is 110 Å². The van der Waals surface area contributed by atoms with Crippen LogP contribution in [0, 0.1) is 6.92 Å². The van der Waals surface area contributed by atoms with Crippen LogP contribution in [0.4, 0.5) is 0 Å². The number of carbonyl (C=O) groups is 2. The number of aryl methyl sites for hydroxylation is 1. The first-order valence-corrected chi connectivity index (χ1v) is 6.64. The zero-order valence-electron chi connectivity index (χ0n) is 9.34. The number of nitrogens with one attached hydrogen (secondary N) is 1. The topological polar surface area (TPSA) is 92.2 Å². The van der Waals surface area contributed by atoms with Crippen molar-refractivity contribution in [1.29, 1.82) is 0 Å². The monoisotopic (exact) mass is 283 g/mol. The molecule has 1 amide bonds. The molecule has 0 aromatic carbocycles. The predicted octanol–water partition coefficient (Wildman–Crippen LogP) is 1.54. The molecule has 8 heteroatoms. The van der Waals surface area contributed by atoms with E-state index in [4.69, 9.17) is 5.11 Å². The Bertz CT molecular complexity index is 577. The van der Waals surface area contributed by atoms with Crippen LogP contribution in [-0.4, -0.2) is 27.0 Å². The average Bonchev–Trinajstić information content (AvgIpc) is 2.94. The molecule has 0 aliphatic carbocycles. The Hall–Kier alpha value is -1.80. The van der Waals surface area contributed by atoms with Gasteiger partial charge in [-0.3, -0.25) is 9.78 Å². The number of aromatic carboxylic acids is 1. The van der Waals surface area contributed by atoms with Crippen molar-refractivity contribution in [3.8, 4) is 0 Å². The molecule has 0 radical (unpaired) electrons. The lowest BCUT2D eigenvalue weighted by molar-refractivity contribution is 0.0701. The van der Waals surface area contributed by atoms with E-state index in [1.807, 2.05) is 0 Å². The van der Waals surface area contributed by atoms with Crippen LogP contribution in [-0.2, 0) is 6.54 Å². The van der Waals surface area contributed by atoms with E-state index in [0.29, 0.717) is 15.6 Å². The number of nitrogens with zero attached hydrogens (tertiary/aromatic N) is 2. The number of carboxylic acids is 1. The van der Waals surface area contributed by atoms with Crippen LogP contribution in [0.2, 0.25) is 0 Å². The Kier molecular flexibility index (Phi) is 3.68. The summed E-state index contributed by atoms with van der Waals surface area (Å²) in [6.07, 6.45) is 1.48. The fraction of sp³-hybridized carbons (Fsp3) is 0.200.